The highest BCUT2D eigenvalue weighted by atomic mass is 35.5. The van der Waals surface area contributed by atoms with E-state index in [-0.39, 0.29) is 27.8 Å². The van der Waals surface area contributed by atoms with Gasteiger partial charge in [-0.15, -0.1) is 0 Å². The number of ether oxygens (including phenoxy) is 2. The van der Waals surface area contributed by atoms with Crippen molar-refractivity contribution in [1.82, 2.24) is 10.2 Å². The predicted octanol–water partition coefficient (Wildman–Crippen LogP) is 4.57. The average molecular weight is 585 g/mol. The maximum Gasteiger partial charge on any atom is 0.339 e. The van der Waals surface area contributed by atoms with Gasteiger partial charge >= 0.3 is 16.1 Å². The largest absolute Gasteiger partial charge is 0.493 e. The minimum atomic E-state index is -4.24. The van der Waals surface area contributed by atoms with Crippen LogP contribution in [0.4, 0.5) is 4.79 Å². The fourth-order valence-electron chi connectivity index (χ4n) is 3.78. The standard InChI is InChI=1S/C28H25ClN2O8S/c1-3-13-38-24-11-9-18(14-25(24)37-2)17-31-27(33)22(26(32)30-28(31)34)16-19-15-20(29)10-12-23(19)39-40(35,36)21-7-5-4-6-8-21/h4-12,14-16H,3,13,17H2,1-2H3,(H,30,32,34)/b22-16+. The molecule has 1 N–H and O–H groups in total. The molecule has 1 heterocycles. The van der Waals surface area contributed by atoms with Crippen LogP contribution in [-0.4, -0.2) is 44.9 Å². The molecule has 1 aliphatic heterocycles. The number of urea groups is 1. The van der Waals surface area contributed by atoms with Gasteiger partial charge in [0.25, 0.3) is 11.8 Å². The van der Waals surface area contributed by atoms with Gasteiger partial charge in [-0.05, 0) is 60.5 Å². The van der Waals surface area contributed by atoms with Crippen molar-refractivity contribution in [3.8, 4) is 17.2 Å². The van der Waals surface area contributed by atoms with E-state index in [0.29, 0.717) is 23.7 Å². The van der Waals surface area contributed by atoms with E-state index in [2.05, 4.69) is 5.32 Å². The summed E-state index contributed by atoms with van der Waals surface area (Å²) in [6, 6.07) is 15.6. The first-order valence-electron chi connectivity index (χ1n) is 12.1. The second kappa shape index (κ2) is 12.2. The third kappa shape index (κ3) is 6.44. The molecule has 40 heavy (non-hydrogen) atoms. The molecule has 0 unspecified atom stereocenters. The molecule has 0 atom stereocenters. The zero-order valence-corrected chi connectivity index (χ0v) is 23.1. The summed E-state index contributed by atoms with van der Waals surface area (Å²) in [5, 5.41) is 2.34. The Morgan fingerprint density at radius 3 is 2.38 bits per heavy atom. The maximum absolute atomic E-state index is 13.3. The van der Waals surface area contributed by atoms with Gasteiger partial charge in [0.15, 0.2) is 11.5 Å². The van der Waals surface area contributed by atoms with Gasteiger partial charge in [-0.1, -0.05) is 42.8 Å². The second-order valence-corrected chi connectivity index (χ2v) is 10.6. The topological polar surface area (TPSA) is 128 Å². The zero-order chi connectivity index (χ0) is 28.9. The molecule has 10 nitrogen and oxygen atoms in total. The molecule has 12 heteroatoms. The highest BCUT2D eigenvalue weighted by Gasteiger charge is 2.36. The summed E-state index contributed by atoms with van der Waals surface area (Å²) in [5.41, 5.74) is 0.163. The van der Waals surface area contributed by atoms with Crippen molar-refractivity contribution in [3.63, 3.8) is 0 Å². The molecule has 0 bridgehead atoms. The SMILES string of the molecule is CCCOc1ccc(CN2C(=O)NC(=O)/C(=C\c3cc(Cl)ccc3OS(=O)(=O)c3ccccc3)C2=O)cc1OC. The van der Waals surface area contributed by atoms with Gasteiger partial charge in [-0.2, -0.15) is 8.42 Å². The van der Waals surface area contributed by atoms with E-state index in [9.17, 15) is 22.8 Å². The van der Waals surface area contributed by atoms with Gasteiger partial charge < -0.3 is 13.7 Å². The Bertz CT molecular complexity index is 1590. The summed E-state index contributed by atoms with van der Waals surface area (Å²) >= 11 is 6.12. The third-order valence-electron chi connectivity index (χ3n) is 5.72. The minimum Gasteiger partial charge on any atom is -0.493 e. The van der Waals surface area contributed by atoms with Crippen LogP contribution in [0.15, 0.2) is 77.2 Å². The van der Waals surface area contributed by atoms with Crippen molar-refractivity contribution in [2.45, 2.75) is 24.8 Å². The normalized spacial score (nSPS) is 14.7. The molecule has 0 radical (unpaired) electrons. The first kappa shape index (κ1) is 28.7. The number of amides is 4. The van der Waals surface area contributed by atoms with Crippen LogP contribution < -0.4 is 19.0 Å². The van der Waals surface area contributed by atoms with Crippen LogP contribution >= 0.6 is 11.6 Å². The third-order valence-corrected chi connectivity index (χ3v) is 7.20. The van der Waals surface area contributed by atoms with Gasteiger partial charge in [0.05, 0.1) is 20.3 Å². The van der Waals surface area contributed by atoms with E-state index in [1.54, 1.807) is 36.4 Å². The first-order chi connectivity index (χ1) is 19.1. The van der Waals surface area contributed by atoms with Crippen LogP contribution in [0.5, 0.6) is 17.2 Å². The van der Waals surface area contributed by atoms with E-state index < -0.39 is 33.5 Å². The van der Waals surface area contributed by atoms with Crippen LogP contribution in [-0.2, 0) is 26.3 Å². The first-order valence-corrected chi connectivity index (χ1v) is 13.9. The van der Waals surface area contributed by atoms with Crippen LogP contribution in [0, 0.1) is 0 Å². The lowest BCUT2D eigenvalue weighted by Crippen LogP contribution is -2.53. The van der Waals surface area contributed by atoms with Crippen LogP contribution in [0.25, 0.3) is 6.08 Å². The molecule has 3 aromatic carbocycles. The molecule has 0 spiro atoms. The van der Waals surface area contributed by atoms with E-state index in [0.717, 1.165) is 17.4 Å². The van der Waals surface area contributed by atoms with Crippen molar-refractivity contribution >= 4 is 45.6 Å². The summed E-state index contributed by atoms with van der Waals surface area (Å²) < 4.78 is 41.9. The highest BCUT2D eigenvalue weighted by molar-refractivity contribution is 7.87. The summed E-state index contributed by atoms with van der Waals surface area (Å²) in [5.74, 6) is -1.09. The monoisotopic (exact) mass is 584 g/mol. The molecule has 3 aromatic rings. The summed E-state index contributed by atoms with van der Waals surface area (Å²) in [4.78, 5) is 39.4. The van der Waals surface area contributed by atoms with Crippen molar-refractivity contribution in [3.05, 3.63) is 88.5 Å². The summed E-state index contributed by atoms with van der Waals surface area (Å²) in [6.45, 7) is 2.27. The van der Waals surface area contributed by atoms with Gasteiger partial charge in [0.2, 0.25) is 0 Å². The maximum atomic E-state index is 13.3. The Kier molecular flexibility index (Phi) is 8.76. The van der Waals surface area contributed by atoms with Crippen molar-refractivity contribution < 1.29 is 36.5 Å². The van der Waals surface area contributed by atoms with Gasteiger partial charge in [0.1, 0.15) is 16.2 Å². The minimum absolute atomic E-state index is 0.0406. The number of hydrogen-bond donors (Lipinski definition) is 1. The lowest BCUT2D eigenvalue weighted by atomic mass is 10.1. The Labute approximate surface area is 236 Å². The Hall–Kier alpha value is -4.35. The van der Waals surface area contributed by atoms with E-state index in [4.69, 9.17) is 25.3 Å². The van der Waals surface area contributed by atoms with Crippen LogP contribution in [0.2, 0.25) is 5.02 Å². The van der Waals surface area contributed by atoms with E-state index >= 15 is 0 Å². The molecular formula is C28H25ClN2O8S. The number of methoxy groups -OCH3 is 1. The lowest BCUT2D eigenvalue weighted by molar-refractivity contribution is -0.130. The number of nitrogens with zero attached hydrogens (tertiary/aromatic N) is 1. The summed E-state index contributed by atoms with van der Waals surface area (Å²) in [7, 11) is -2.77. The van der Waals surface area contributed by atoms with Crippen molar-refractivity contribution in [2.75, 3.05) is 13.7 Å². The van der Waals surface area contributed by atoms with E-state index in [1.807, 2.05) is 6.92 Å². The number of imide groups is 2. The lowest BCUT2D eigenvalue weighted by Gasteiger charge is -2.26. The Morgan fingerprint density at radius 1 is 0.950 bits per heavy atom. The average Bonchev–Trinajstić information content (AvgIpc) is 2.94. The number of halogens is 1. The fourth-order valence-corrected chi connectivity index (χ4v) is 4.93. The number of benzene rings is 3. The van der Waals surface area contributed by atoms with Gasteiger partial charge in [-0.3, -0.25) is 19.8 Å². The smallest absolute Gasteiger partial charge is 0.339 e. The molecular weight excluding hydrogens is 560 g/mol. The number of hydrogen-bond acceptors (Lipinski definition) is 8. The molecule has 1 fully saturated rings. The number of carbonyl (C=O) groups excluding carboxylic acids is 3. The van der Waals surface area contributed by atoms with Gasteiger partial charge in [0, 0.05) is 10.6 Å². The van der Waals surface area contributed by atoms with Gasteiger partial charge in [-0.25, -0.2) is 4.79 Å². The number of carbonyl (C=O) groups is 3. The molecule has 4 amide bonds. The number of barbiturate groups is 1. The molecule has 0 saturated carbocycles. The zero-order valence-electron chi connectivity index (χ0n) is 21.5. The second-order valence-electron chi connectivity index (χ2n) is 8.57. The van der Waals surface area contributed by atoms with Crippen molar-refractivity contribution in [1.29, 1.82) is 0 Å². The fraction of sp³-hybridized carbons (Fsp3) is 0.179. The Balaban J connectivity index is 1.65. The quantitative estimate of drug-likeness (QED) is 0.208. The van der Waals surface area contributed by atoms with Crippen LogP contribution in [0.3, 0.4) is 0 Å². The molecule has 0 aliphatic carbocycles. The number of rotatable bonds is 10. The predicted molar refractivity (Wildman–Crippen MR) is 147 cm³/mol. The summed E-state index contributed by atoms with van der Waals surface area (Å²) in [6.07, 6.45) is 1.93. The Morgan fingerprint density at radius 2 is 1.68 bits per heavy atom. The molecule has 1 saturated heterocycles. The van der Waals surface area contributed by atoms with Crippen LogP contribution in [0.1, 0.15) is 24.5 Å². The number of nitrogens with one attached hydrogen (secondary N) is 1. The molecule has 0 aromatic heterocycles. The molecule has 208 valence electrons. The highest BCUT2D eigenvalue weighted by Crippen LogP contribution is 2.31. The van der Waals surface area contributed by atoms with Crippen molar-refractivity contribution in [2.24, 2.45) is 0 Å². The molecule has 1 aliphatic rings. The van der Waals surface area contributed by atoms with E-state index in [1.165, 1.54) is 37.4 Å². The molecule has 4 rings (SSSR count).